The molecule has 2 aromatic carbocycles. The van der Waals surface area contributed by atoms with E-state index < -0.39 is 16.1 Å². The highest BCUT2D eigenvalue weighted by molar-refractivity contribution is 7.89. The standard InChI is InChI=1S/C20H18ClN3O3S/c21-15-7-2-8-16(13-15)23-20(25)17-9-4-12-24(17)28(26,27)18-10-1-5-14-6-3-11-22-19(14)18/h1-3,5-8,10-11,13,17H,4,9,12H2,(H,23,25). The number of nitrogens with zero attached hydrogens (tertiary/aromatic N) is 2. The van der Waals surface area contributed by atoms with E-state index in [1.807, 2.05) is 12.1 Å². The topological polar surface area (TPSA) is 79.4 Å². The number of carbonyl (C=O) groups is 1. The van der Waals surface area contributed by atoms with Gasteiger partial charge in [-0.15, -0.1) is 0 Å². The third kappa shape index (κ3) is 3.48. The van der Waals surface area contributed by atoms with Gasteiger partial charge in [-0.3, -0.25) is 9.78 Å². The molecule has 1 saturated heterocycles. The van der Waals surface area contributed by atoms with Crippen molar-refractivity contribution in [2.75, 3.05) is 11.9 Å². The van der Waals surface area contributed by atoms with Gasteiger partial charge in [0.1, 0.15) is 10.9 Å². The number of amides is 1. The SMILES string of the molecule is O=C(Nc1cccc(Cl)c1)C1CCCN1S(=O)(=O)c1cccc2cccnc12. The van der Waals surface area contributed by atoms with Gasteiger partial charge in [-0.25, -0.2) is 8.42 Å². The van der Waals surface area contributed by atoms with Crippen LogP contribution in [-0.4, -0.2) is 36.2 Å². The molecule has 3 aromatic rings. The van der Waals surface area contributed by atoms with Crippen molar-refractivity contribution in [1.29, 1.82) is 0 Å². The highest BCUT2D eigenvalue weighted by atomic mass is 35.5. The first-order valence-electron chi connectivity index (χ1n) is 8.89. The maximum Gasteiger partial charge on any atom is 0.245 e. The fourth-order valence-electron chi connectivity index (χ4n) is 3.49. The van der Waals surface area contributed by atoms with Crippen molar-refractivity contribution in [3.05, 3.63) is 65.8 Å². The monoisotopic (exact) mass is 415 g/mol. The summed E-state index contributed by atoms with van der Waals surface area (Å²) >= 11 is 5.96. The zero-order chi connectivity index (χ0) is 19.7. The molecular weight excluding hydrogens is 398 g/mol. The van der Waals surface area contributed by atoms with Crippen molar-refractivity contribution < 1.29 is 13.2 Å². The zero-order valence-corrected chi connectivity index (χ0v) is 16.4. The lowest BCUT2D eigenvalue weighted by molar-refractivity contribution is -0.119. The fourth-order valence-corrected chi connectivity index (χ4v) is 5.51. The lowest BCUT2D eigenvalue weighted by Crippen LogP contribution is -2.43. The Morgan fingerprint density at radius 2 is 1.93 bits per heavy atom. The van der Waals surface area contributed by atoms with Crippen molar-refractivity contribution in [3.8, 4) is 0 Å². The van der Waals surface area contributed by atoms with E-state index in [1.54, 1.807) is 42.6 Å². The van der Waals surface area contributed by atoms with Crippen LogP contribution in [0.15, 0.2) is 65.7 Å². The maximum absolute atomic E-state index is 13.4. The molecule has 1 N–H and O–H groups in total. The van der Waals surface area contributed by atoms with Crippen LogP contribution in [0.1, 0.15) is 12.8 Å². The minimum atomic E-state index is -3.88. The molecule has 1 fully saturated rings. The molecule has 6 nitrogen and oxygen atoms in total. The average Bonchev–Trinajstić information content (AvgIpc) is 3.18. The number of pyridine rings is 1. The van der Waals surface area contributed by atoms with Crippen LogP contribution in [0.4, 0.5) is 5.69 Å². The molecule has 0 saturated carbocycles. The predicted molar refractivity (Wildman–Crippen MR) is 109 cm³/mol. The number of aromatic nitrogens is 1. The highest BCUT2D eigenvalue weighted by Gasteiger charge is 2.40. The Labute approximate surface area is 168 Å². The van der Waals surface area contributed by atoms with Crippen LogP contribution in [0.25, 0.3) is 10.9 Å². The van der Waals surface area contributed by atoms with Crippen LogP contribution in [0, 0.1) is 0 Å². The number of para-hydroxylation sites is 1. The summed E-state index contributed by atoms with van der Waals surface area (Å²) in [4.78, 5) is 17.2. The lowest BCUT2D eigenvalue weighted by Gasteiger charge is -2.24. The molecule has 0 bridgehead atoms. The molecule has 1 aliphatic rings. The van der Waals surface area contributed by atoms with E-state index >= 15 is 0 Å². The summed E-state index contributed by atoms with van der Waals surface area (Å²) in [6.45, 7) is 0.291. The van der Waals surface area contributed by atoms with Crippen LogP contribution in [0.5, 0.6) is 0 Å². The number of sulfonamides is 1. The summed E-state index contributed by atoms with van der Waals surface area (Å²) in [5, 5.41) is 4.00. The molecule has 1 aromatic heterocycles. The van der Waals surface area contributed by atoms with E-state index in [0.29, 0.717) is 35.6 Å². The van der Waals surface area contributed by atoms with Crippen molar-refractivity contribution in [2.24, 2.45) is 0 Å². The van der Waals surface area contributed by atoms with Gasteiger partial charge in [-0.05, 0) is 43.2 Å². The second-order valence-corrected chi connectivity index (χ2v) is 8.90. The first-order valence-corrected chi connectivity index (χ1v) is 10.7. The fraction of sp³-hybridized carbons (Fsp3) is 0.200. The Morgan fingerprint density at radius 3 is 2.75 bits per heavy atom. The summed E-state index contributed by atoms with van der Waals surface area (Å²) in [5.41, 5.74) is 0.944. The number of nitrogens with one attached hydrogen (secondary N) is 1. The largest absolute Gasteiger partial charge is 0.325 e. The summed E-state index contributed by atoms with van der Waals surface area (Å²) < 4.78 is 28.0. The molecule has 1 aliphatic heterocycles. The number of hydrogen-bond donors (Lipinski definition) is 1. The Kier molecular flexibility index (Phi) is 5.05. The molecule has 8 heteroatoms. The van der Waals surface area contributed by atoms with E-state index in [-0.39, 0.29) is 10.8 Å². The lowest BCUT2D eigenvalue weighted by atomic mass is 10.2. The normalized spacial score (nSPS) is 17.7. The quantitative estimate of drug-likeness (QED) is 0.704. The summed E-state index contributed by atoms with van der Waals surface area (Å²) in [5.74, 6) is -0.364. The second kappa shape index (κ2) is 7.50. The van der Waals surface area contributed by atoms with Gasteiger partial charge in [0.25, 0.3) is 0 Å². The maximum atomic E-state index is 13.4. The third-order valence-electron chi connectivity index (χ3n) is 4.78. The number of rotatable bonds is 4. The number of carbonyl (C=O) groups excluding carboxylic acids is 1. The predicted octanol–water partition coefficient (Wildman–Crippen LogP) is 3.68. The van der Waals surface area contributed by atoms with Gasteiger partial charge in [-0.1, -0.05) is 35.9 Å². The molecular formula is C20H18ClN3O3S. The van der Waals surface area contributed by atoms with Crippen molar-refractivity contribution in [3.63, 3.8) is 0 Å². The molecule has 1 atom stereocenters. The second-order valence-electron chi connectivity index (χ2n) is 6.60. The van der Waals surface area contributed by atoms with Crippen LogP contribution >= 0.6 is 11.6 Å². The molecule has 1 amide bonds. The van der Waals surface area contributed by atoms with Crippen LogP contribution < -0.4 is 5.32 Å². The van der Waals surface area contributed by atoms with E-state index in [9.17, 15) is 13.2 Å². The molecule has 1 unspecified atom stereocenters. The molecule has 0 aliphatic carbocycles. The van der Waals surface area contributed by atoms with Gasteiger partial charge in [0.05, 0.1) is 5.52 Å². The molecule has 144 valence electrons. The number of anilines is 1. The average molecular weight is 416 g/mol. The third-order valence-corrected chi connectivity index (χ3v) is 6.96. The van der Waals surface area contributed by atoms with Crippen molar-refractivity contribution in [2.45, 2.75) is 23.8 Å². The van der Waals surface area contributed by atoms with Gasteiger partial charge < -0.3 is 5.32 Å². The number of benzene rings is 2. The van der Waals surface area contributed by atoms with Gasteiger partial charge in [-0.2, -0.15) is 4.31 Å². The van der Waals surface area contributed by atoms with E-state index in [2.05, 4.69) is 10.3 Å². The van der Waals surface area contributed by atoms with Crippen molar-refractivity contribution in [1.82, 2.24) is 9.29 Å². The minimum Gasteiger partial charge on any atom is -0.325 e. The Bertz CT molecular complexity index is 1140. The Morgan fingerprint density at radius 1 is 1.14 bits per heavy atom. The van der Waals surface area contributed by atoms with Gasteiger partial charge in [0.15, 0.2) is 0 Å². The highest BCUT2D eigenvalue weighted by Crippen LogP contribution is 2.30. The van der Waals surface area contributed by atoms with E-state index in [4.69, 9.17) is 11.6 Å². The smallest absolute Gasteiger partial charge is 0.245 e. The van der Waals surface area contributed by atoms with Crippen LogP contribution in [0.2, 0.25) is 5.02 Å². The molecule has 28 heavy (non-hydrogen) atoms. The summed E-state index contributed by atoms with van der Waals surface area (Å²) in [7, 11) is -3.88. The summed E-state index contributed by atoms with van der Waals surface area (Å²) in [6.07, 6.45) is 2.64. The first kappa shape index (κ1) is 18.9. The van der Waals surface area contributed by atoms with Crippen LogP contribution in [0.3, 0.4) is 0 Å². The minimum absolute atomic E-state index is 0.119. The number of fused-ring (bicyclic) bond motifs is 1. The summed E-state index contributed by atoms with van der Waals surface area (Å²) in [6, 6.07) is 14.6. The Hall–Kier alpha value is -2.48. The first-order chi connectivity index (χ1) is 13.5. The molecule has 0 radical (unpaired) electrons. The number of halogens is 1. The molecule has 4 rings (SSSR count). The van der Waals surface area contributed by atoms with Gasteiger partial charge in [0, 0.05) is 28.8 Å². The number of hydrogen-bond acceptors (Lipinski definition) is 4. The van der Waals surface area contributed by atoms with E-state index in [1.165, 1.54) is 10.4 Å². The van der Waals surface area contributed by atoms with Gasteiger partial charge >= 0.3 is 0 Å². The van der Waals surface area contributed by atoms with E-state index in [0.717, 1.165) is 5.39 Å². The molecule has 0 spiro atoms. The zero-order valence-electron chi connectivity index (χ0n) is 14.9. The van der Waals surface area contributed by atoms with Crippen molar-refractivity contribution >= 4 is 44.1 Å². The van der Waals surface area contributed by atoms with Gasteiger partial charge in [0.2, 0.25) is 15.9 Å². The molecule has 2 heterocycles. The Balaban J connectivity index is 1.66. The van der Waals surface area contributed by atoms with Crippen LogP contribution in [-0.2, 0) is 14.8 Å².